The zero-order valence-corrected chi connectivity index (χ0v) is 14.9. The molecule has 132 valence electrons. The Morgan fingerprint density at radius 2 is 1.56 bits per heavy atom. The van der Waals surface area contributed by atoms with Crippen LogP contribution >= 0.6 is 11.6 Å². The van der Waals surface area contributed by atoms with Crippen molar-refractivity contribution in [3.63, 3.8) is 0 Å². The average Bonchev–Trinajstić information content (AvgIpc) is 2.70. The minimum Gasteiger partial charge on any atom is -0.439 e. The van der Waals surface area contributed by atoms with Crippen molar-refractivity contribution in [2.45, 2.75) is 0 Å². The van der Waals surface area contributed by atoms with Gasteiger partial charge in [-0.05, 0) is 35.9 Å². The third kappa shape index (κ3) is 3.35. The van der Waals surface area contributed by atoms with E-state index in [1.807, 2.05) is 24.3 Å². The van der Waals surface area contributed by atoms with Crippen molar-refractivity contribution in [2.24, 2.45) is 0 Å². The van der Waals surface area contributed by atoms with E-state index in [1.54, 1.807) is 54.6 Å². The fourth-order valence-corrected chi connectivity index (χ4v) is 3.06. The van der Waals surface area contributed by atoms with Gasteiger partial charge in [-0.25, -0.2) is 0 Å². The molecule has 0 spiro atoms. The number of fused-ring (bicyclic) bond motifs is 1. The maximum Gasteiger partial charge on any atom is 0.257 e. The lowest BCUT2D eigenvalue weighted by molar-refractivity contribution is 0.102. The quantitative estimate of drug-likeness (QED) is 0.524. The third-order valence-electron chi connectivity index (χ3n) is 4.18. The number of rotatable bonds is 3. The average molecular weight is 376 g/mol. The monoisotopic (exact) mass is 375 g/mol. The van der Waals surface area contributed by atoms with Crippen LogP contribution in [0.2, 0.25) is 5.02 Å². The van der Waals surface area contributed by atoms with Gasteiger partial charge in [0.2, 0.25) is 11.3 Å². The van der Waals surface area contributed by atoms with Crippen molar-refractivity contribution in [3.05, 3.63) is 99.7 Å². The molecule has 0 aliphatic heterocycles. The minimum absolute atomic E-state index is 0.106. The molecular formula is C22H14ClNO3. The molecule has 1 aromatic heterocycles. The Bertz CT molecular complexity index is 1180. The molecule has 4 aromatic rings. The lowest BCUT2D eigenvalue weighted by atomic mass is 10.0. The number of halogens is 1. The van der Waals surface area contributed by atoms with Crippen LogP contribution in [0, 0.1) is 0 Å². The van der Waals surface area contributed by atoms with E-state index < -0.39 is 0 Å². The molecule has 27 heavy (non-hydrogen) atoms. The standard InChI is InChI=1S/C22H14ClNO3/c23-16-11-12-18-17(13-16)20(25)19(14-7-3-1-4-8-14)22(27-18)24-21(26)15-9-5-2-6-10-15/h1-13H,(H,24,26). The van der Waals surface area contributed by atoms with Gasteiger partial charge in [-0.2, -0.15) is 0 Å². The van der Waals surface area contributed by atoms with Crippen LogP contribution < -0.4 is 10.7 Å². The van der Waals surface area contributed by atoms with Crippen molar-refractivity contribution in [3.8, 4) is 11.1 Å². The van der Waals surface area contributed by atoms with E-state index >= 15 is 0 Å². The van der Waals surface area contributed by atoms with Crippen LogP contribution in [-0.2, 0) is 0 Å². The van der Waals surface area contributed by atoms with Gasteiger partial charge in [0.15, 0.2) is 0 Å². The number of benzene rings is 3. The van der Waals surface area contributed by atoms with Crippen molar-refractivity contribution in [2.75, 3.05) is 5.32 Å². The SMILES string of the molecule is O=C(Nc1oc2ccc(Cl)cc2c(=O)c1-c1ccccc1)c1ccccc1. The first-order valence-corrected chi connectivity index (χ1v) is 8.69. The van der Waals surface area contributed by atoms with E-state index in [4.69, 9.17) is 16.0 Å². The fourth-order valence-electron chi connectivity index (χ4n) is 2.89. The van der Waals surface area contributed by atoms with Gasteiger partial charge in [0.1, 0.15) is 5.58 Å². The predicted molar refractivity (Wildman–Crippen MR) is 107 cm³/mol. The highest BCUT2D eigenvalue weighted by Gasteiger charge is 2.19. The van der Waals surface area contributed by atoms with Gasteiger partial charge in [-0.3, -0.25) is 14.9 Å². The summed E-state index contributed by atoms with van der Waals surface area (Å²) in [6.07, 6.45) is 0. The molecule has 0 unspecified atom stereocenters. The minimum atomic E-state index is -0.357. The Kier molecular flexibility index (Phi) is 4.48. The van der Waals surface area contributed by atoms with E-state index in [9.17, 15) is 9.59 Å². The summed E-state index contributed by atoms with van der Waals surface area (Å²) >= 11 is 6.04. The second-order valence-corrected chi connectivity index (χ2v) is 6.40. The normalized spacial score (nSPS) is 10.7. The highest BCUT2D eigenvalue weighted by Crippen LogP contribution is 2.30. The number of hydrogen-bond acceptors (Lipinski definition) is 3. The van der Waals surface area contributed by atoms with Crippen LogP contribution in [0.15, 0.2) is 88.1 Å². The first-order chi connectivity index (χ1) is 13.1. The second-order valence-electron chi connectivity index (χ2n) is 5.96. The smallest absolute Gasteiger partial charge is 0.257 e. The Balaban J connectivity index is 1.92. The van der Waals surface area contributed by atoms with Gasteiger partial charge in [0.05, 0.1) is 10.9 Å². The van der Waals surface area contributed by atoms with E-state index in [0.29, 0.717) is 27.1 Å². The number of amides is 1. The van der Waals surface area contributed by atoms with Gasteiger partial charge in [0.25, 0.3) is 5.91 Å². The number of carbonyl (C=O) groups is 1. The highest BCUT2D eigenvalue weighted by atomic mass is 35.5. The second kappa shape index (κ2) is 7.09. The summed E-state index contributed by atoms with van der Waals surface area (Å²) in [7, 11) is 0. The van der Waals surface area contributed by atoms with Gasteiger partial charge < -0.3 is 4.42 Å². The first kappa shape index (κ1) is 17.1. The van der Waals surface area contributed by atoms with Gasteiger partial charge in [0, 0.05) is 10.6 Å². The Morgan fingerprint density at radius 3 is 2.26 bits per heavy atom. The molecule has 0 atom stereocenters. The predicted octanol–water partition coefficient (Wildman–Crippen LogP) is 5.37. The topological polar surface area (TPSA) is 59.3 Å². The molecule has 0 aliphatic carbocycles. The number of anilines is 1. The zero-order valence-electron chi connectivity index (χ0n) is 14.1. The third-order valence-corrected chi connectivity index (χ3v) is 4.41. The van der Waals surface area contributed by atoms with E-state index in [0.717, 1.165) is 0 Å². The number of hydrogen-bond donors (Lipinski definition) is 1. The van der Waals surface area contributed by atoms with E-state index in [2.05, 4.69) is 5.32 Å². The first-order valence-electron chi connectivity index (χ1n) is 8.31. The molecule has 4 nitrogen and oxygen atoms in total. The molecule has 1 heterocycles. The van der Waals surface area contributed by atoms with Crippen LogP contribution in [-0.4, -0.2) is 5.91 Å². The molecule has 5 heteroatoms. The van der Waals surface area contributed by atoms with Gasteiger partial charge in [-0.15, -0.1) is 0 Å². The maximum absolute atomic E-state index is 13.2. The van der Waals surface area contributed by atoms with E-state index in [1.165, 1.54) is 0 Å². The molecule has 0 saturated heterocycles. The zero-order chi connectivity index (χ0) is 18.8. The number of nitrogens with one attached hydrogen (secondary N) is 1. The van der Waals surface area contributed by atoms with Crippen LogP contribution in [0.5, 0.6) is 0 Å². The lowest BCUT2D eigenvalue weighted by Gasteiger charge is -2.11. The fraction of sp³-hybridized carbons (Fsp3) is 0. The molecule has 1 N–H and O–H groups in total. The van der Waals surface area contributed by atoms with Crippen molar-refractivity contribution in [1.29, 1.82) is 0 Å². The van der Waals surface area contributed by atoms with Crippen LogP contribution in [0.3, 0.4) is 0 Å². The maximum atomic E-state index is 13.2. The molecular weight excluding hydrogens is 362 g/mol. The molecule has 4 rings (SSSR count). The summed E-state index contributed by atoms with van der Waals surface area (Å²) in [5, 5.41) is 3.53. The summed E-state index contributed by atoms with van der Waals surface area (Å²) < 4.78 is 5.88. The molecule has 0 saturated carbocycles. The highest BCUT2D eigenvalue weighted by molar-refractivity contribution is 6.31. The van der Waals surface area contributed by atoms with Crippen molar-refractivity contribution >= 4 is 34.4 Å². The lowest BCUT2D eigenvalue weighted by Crippen LogP contribution is -2.16. The van der Waals surface area contributed by atoms with E-state index in [-0.39, 0.29) is 22.8 Å². The molecule has 0 bridgehead atoms. The molecule has 0 radical (unpaired) electrons. The molecule has 3 aromatic carbocycles. The van der Waals surface area contributed by atoms with Gasteiger partial charge >= 0.3 is 0 Å². The Labute approximate surface area is 160 Å². The van der Waals surface area contributed by atoms with Crippen molar-refractivity contribution in [1.82, 2.24) is 0 Å². The molecule has 1 amide bonds. The molecule has 0 aliphatic rings. The molecule has 0 fully saturated rings. The number of carbonyl (C=O) groups excluding carboxylic acids is 1. The largest absolute Gasteiger partial charge is 0.439 e. The Hall–Kier alpha value is -3.37. The summed E-state index contributed by atoms with van der Waals surface area (Å²) in [5.41, 5.74) is 1.50. The van der Waals surface area contributed by atoms with Crippen molar-refractivity contribution < 1.29 is 9.21 Å². The van der Waals surface area contributed by atoms with Crippen LogP contribution in [0.1, 0.15) is 10.4 Å². The van der Waals surface area contributed by atoms with Crippen LogP contribution in [0.25, 0.3) is 22.1 Å². The summed E-state index contributed by atoms with van der Waals surface area (Å²) in [6, 6.07) is 22.6. The summed E-state index contributed by atoms with van der Waals surface area (Å²) in [6.45, 7) is 0. The summed E-state index contributed by atoms with van der Waals surface area (Å²) in [5.74, 6) is -0.251. The van der Waals surface area contributed by atoms with Crippen LogP contribution in [0.4, 0.5) is 5.88 Å². The summed E-state index contributed by atoms with van der Waals surface area (Å²) in [4.78, 5) is 25.8. The van der Waals surface area contributed by atoms with Gasteiger partial charge in [-0.1, -0.05) is 60.1 Å². The Morgan fingerprint density at radius 1 is 0.889 bits per heavy atom.